The number of thiol groups is 1. The molecule has 15 heteroatoms. The van der Waals surface area contributed by atoms with Gasteiger partial charge >= 0.3 is 6.18 Å². The molecule has 0 bridgehead atoms. The van der Waals surface area contributed by atoms with Gasteiger partial charge in [-0.25, -0.2) is 26.2 Å². The molecular formula is C21H24F4N4O5S2. The van der Waals surface area contributed by atoms with Crippen LogP contribution in [-0.2, 0) is 38.1 Å². The first kappa shape index (κ1) is 27.6. The summed E-state index contributed by atoms with van der Waals surface area (Å²) in [6.07, 6.45) is -4.69. The SMILES string of the molecule is CN(c1ccc(C(CCc2ccc(C(F)(F)F)nc2N2CCS(=O)(=O)CC2)C(N)=O)cc1F)[SH](=O)=O. The van der Waals surface area contributed by atoms with Gasteiger partial charge in [0.15, 0.2) is 9.84 Å². The van der Waals surface area contributed by atoms with Crippen molar-refractivity contribution in [2.24, 2.45) is 5.73 Å². The standard InChI is InChI=1S/C21H24F4N4O5S2/c1-28(35(31)32)17-6-3-14(12-16(17)22)15(19(26)30)5-2-13-4-7-18(21(23,24)25)27-20(13)29-8-10-36(33,34)11-9-29/h3-4,6-7,12,15,35H,2,5,8-11H2,1H3,(H2,26,30). The summed E-state index contributed by atoms with van der Waals surface area (Å²) in [5.74, 6) is -3.24. The largest absolute Gasteiger partial charge is 0.433 e. The average Bonchev–Trinajstić information content (AvgIpc) is 2.78. The molecule has 1 aromatic heterocycles. The lowest BCUT2D eigenvalue weighted by Crippen LogP contribution is -2.41. The number of carbonyl (C=O) groups is 1. The molecule has 1 aromatic carbocycles. The number of primary amides is 1. The lowest BCUT2D eigenvalue weighted by molar-refractivity contribution is -0.141. The van der Waals surface area contributed by atoms with Crippen LogP contribution in [0.15, 0.2) is 30.3 Å². The van der Waals surface area contributed by atoms with Crippen LogP contribution in [0.4, 0.5) is 29.1 Å². The van der Waals surface area contributed by atoms with E-state index in [9.17, 15) is 39.2 Å². The van der Waals surface area contributed by atoms with Crippen LogP contribution >= 0.6 is 0 Å². The first-order valence-corrected chi connectivity index (χ1v) is 13.6. The van der Waals surface area contributed by atoms with Crippen LogP contribution in [0.5, 0.6) is 0 Å². The molecule has 0 aliphatic carbocycles. The van der Waals surface area contributed by atoms with Gasteiger partial charge in [0, 0.05) is 20.1 Å². The molecule has 1 amide bonds. The third-order valence-corrected chi connectivity index (χ3v) is 8.22. The molecule has 36 heavy (non-hydrogen) atoms. The number of anilines is 2. The van der Waals surface area contributed by atoms with Crippen molar-refractivity contribution >= 4 is 38.1 Å². The van der Waals surface area contributed by atoms with Gasteiger partial charge in [-0.15, -0.1) is 0 Å². The first-order valence-electron chi connectivity index (χ1n) is 10.7. The number of halogens is 4. The van der Waals surface area contributed by atoms with Crippen molar-refractivity contribution in [2.45, 2.75) is 24.9 Å². The zero-order valence-corrected chi connectivity index (χ0v) is 20.7. The molecule has 9 nitrogen and oxygen atoms in total. The van der Waals surface area contributed by atoms with Crippen LogP contribution in [0, 0.1) is 5.82 Å². The Morgan fingerprint density at radius 2 is 1.83 bits per heavy atom. The van der Waals surface area contributed by atoms with Gasteiger partial charge in [0.05, 0.1) is 23.1 Å². The molecule has 198 valence electrons. The minimum absolute atomic E-state index is 0.00797. The summed E-state index contributed by atoms with van der Waals surface area (Å²) in [6.45, 7) is -0.0733. The Bertz CT molecular complexity index is 1310. The number of nitrogens with zero attached hydrogens (tertiary/aromatic N) is 3. The highest BCUT2D eigenvalue weighted by molar-refractivity contribution is 7.91. The van der Waals surface area contributed by atoms with E-state index in [1.54, 1.807) is 0 Å². The third kappa shape index (κ3) is 6.43. The summed E-state index contributed by atoms with van der Waals surface area (Å²) >= 11 is 0. The van der Waals surface area contributed by atoms with Gasteiger partial charge in [-0.05, 0) is 42.2 Å². The zero-order valence-electron chi connectivity index (χ0n) is 19.0. The van der Waals surface area contributed by atoms with Crippen LogP contribution < -0.4 is 14.9 Å². The molecule has 1 unspecified atom stereocenters. The lowest BCUT2D eigenvalue weighted by Gasteiger charge is -2.30. The Kier molecular flexibility index (Phi) is 8.13. The second kappa shape index (κ2) is 10.6. The molecular weight excluding hydrogens is 528 g/mol. The highest BCUT2D eigenvalue weighted by Crippen LogP contribution is 2.33. The third-order valence-electron chi connectivity index (χ3n) is 5.90. The van der Waals surface area contributed by atoms with Crippen LogP contribution in [0.3, 0.4) is 0 Å². The van der Waals surface area contributed by atoms with Gasteiger partial charge in [-0.2, -0.15) is 13.2 Å². The summed E-state index contributed by atoms with van der Waals surface area (Å²) in [6, 6.07) is 5.54. The number of pyridine rings is 1. The first-order chi connectivity index (χ1) is 16.7. The summed E-state index contributed by atoms with van der Waals surface area (Å²) in [5, 5.41) is 0. The van der Waals surface area contributed by atoms with Gasteiger partial charge < -0.3 is 10.6 Å². The molecule has 2 N–H and O–H groups in total. The predicted molar refractivity (Wildman–Crippen MR) is 125 cm³/mol. The van der Waals surface area contributed by atoms with E-state index >= 15 is 0 Å². The molecule has 3 rings (SSSR count). The highest BCUT2D eigenvalue weighted by atomic mass is 32.2. The summed E-state index contributed by atoms with van der Waals surface area (Å²) < 4.78 is 101. The van der Waals surface area contributed by atoms with Crippen molar-refractivity contribution < 1.29 is 39.2 Å². The topological polar surface area (TPSA) is 131 Å². The lowest BCUT2D eigenvalue weighted by atomic mass is 9.91. The Balaban J connectivity index is 1.90. The number of hydrogen-bond donors (Lipinski definition) is 2. The van der Waals surface area contributed by atoms with Crippen LogP contribution in [0.25, 0.3) is 0 Å². The monoisotopic (exact) mass is 552 g/mol. The number of nitrogens with two attached hydrogens (primary N) is 1. The van der Waals surface area contributed by atoms with E-state index in [1.165, 1.54) is 23.1 Å². The zero-order chi connectivity index (χ0) is 26.8. The maximum Gasteiger partial charge on any atom is 0.433 e. The quantitative estimate of drug-likeness (QED) is 0.376. The van der Waals surface area contributed by atoms with Crippen LogP contribution in [-0.4, -0.2) is 59.4 Å². The Hall–Kier alpha value is -2.94. The van der Waals surface area contributed by atoms with Crippen molar-refractivity contribution in [3.05, 3.63) is 53.0 Å². The van der Waals surface area contributed by atoms with Gasteiger partial charge in [0.25, 0.3) is 0 Å². The smallest absolute Gasteiger partial charge is 0.369 e. The minimum atomic E-state index is -4.72. The molecule has 0 radical (unpaired) electrons. The fourth-order valence-corrected chi connectivity index (χ4v) is 5.43. The number of benzene rings is 1. The Morgan fingerprint density at radius 3 is 2.36 bits per heavy atom. The number of aryl methyl sites for hydroxylation is 1. The Labute approximate surface area is 206 Å². The van der Waals surface area contributed by atoms with Crippen molar-refractivity contribution in [3.8, 4) is 0 Å². The maximum absolute atomic E-state index is 14.5. The number of rotatable bonds is 8. The summed E-state index contributed by atoms with van der Waals surface area (Å²) in [5.41, 5.74) is 4.65. The molecule has 0 saturated carbocycles. The van der Waals surface area contributed by atoms with E-state index in [0.29, 0.717) is 9.87 Å². The maximum atomic E-state index is 14.5. The number of aromatic nitrogens is 1. The molecule has 2 heterocycles. The highest BCUT2D eigenvalue weighted by Gasteiger charge is 2.34. The van der Waals surface area contributed by atoms with E-state index in [2.05, 4.69) is 4.98 Å². The molecule has 2 aromatic rings. The van der Waals surface area contributed by atoms with Crippen LogP contribution in [0.2, 0.25) is 0 Å². The molecule has 1 saturated heterocycles. The van der Waals surface area contributed by atoms with E-state index in [0.717, 1.165) is 19.2 Å². The van der Waals surface area contributed by atoms with Gasteiger partial charge in [0.1, 0.15) is 17.3 Å². The van der Waals surface area contributed by atoms with Gasteiger partial charge in [-0.3, -0.25) is 9.10 Å². The fourth-order valence-electron chi connectivity index (χ4n) is 3.89. The van der Waals surface area contributed by atoms with Crippen molar-refractivity contribution in [1.29, 1.82) is 0 Å². The van der Waals surface area contributed by atoms with E-state index in [-0.39, 0.29) is 54.5 Å². The normalized spacial score (nSPS) is 16.7. The number of carbonyl (C=O) groups excluding carboxylic acids is 1. The molecule has 1 aliphatic rings. The number of sulfone groups is 1. The van der Waals surface area contributed by atoms with Crippen molar-refractivity contribution in [2.75, 3.05) is 40.8 Å². The van der Waals surface area contributed by atoms with E-state index in [1.807, 2.05) is 0 Å². The summed E-state index contributed by atoms with van der Waals surface area (Å²) in [7, 11) is -5.23. The van der Waals surface area contributed by atoms with Crippen molar-refractivity contribution in [1.82, 2.24) is 4.98 Å². The van der Waals surface area contributed by atoms with Crippen LogP contribution in [0.1, 0.15) is 29.2 Å². The van der Waals surface area contributed by atoms with Gasteiger partial charge in [-0.1, -0.05) is 12.1 Å². The second-order valence-electron chi connectivity index (χ2n) is 8.28. The number of alkyl halides is 3. The van der Waals surface area contributed by atoms with Gasteiger partial charge in [0.2, 0.25) is 16.8 Å². The molecule has 1 aliphatic heterocycles. The molecule has 0 spiro atoms. The Morgan fingerprint density at radius 1 is 1.19 bits per heavy atom. The minimum Gasteiger partial charge on any atom is -0.369 e. The summed E-state index contributed by atoms with van der Waals surface area (Å²) in [4.78, 5) is 17.4. The number of hydrogen-bond acceptors (Lipinski definition) is 7. The number of amides is 1. The predicted octanol–water partition coefficient (Wildman–Crippen LogP) is 1.64. The van der Waals surface area contributed by atoms with E-state index in [4.69, 9.17) is 5.73 Å². The van der Waals surface area contributed by atoms with Crippen molar-refractivity contribution in [3.63, 3.8) is 0 Å². The molecule has 1 atom stereocenters. The second-order valence-corrected chi connectivity index (χ2v) is 11.7. The van der Waals surface area contributed by atoms with E-state index < -0.39 is 50.2 Å². The fraction of sp³-hybridized carbons (Fsp3) is 0.429. The average molecular weight is 553 g/mol. The molecule has 1 fully saturated rings.